The van der Waals surface area contributed by atoms with Gasteiger partial charge in [-0.05, 0) is 45.0 Å². The van der Waals surface area contributed by atoms with Crippen LogP contribution in [0, 0.1) is 0 Å². The van der Waals surface area contributed by atoms with Crippen molar-refractivity contribution in [3.05, 3.63) is 35.9 Å². The van der Waals surface area contributed by atoms with Gasteiger partial charge in [0, 0.05) is 31.1 Å². The first-order valence-corrected chi connectivity index (χ1v) is 8.23. The maximum absolute atomic E-state index is 12.4. The summed E-state index contributed by atoms with van der Waals surface area (Å²) in [7, 11) is 3.52. The van der Waals surface area contributed by atoms with Crippen LogP contribution in [0.5, 0.6) is 0 Å². The minimum atomic E-state index is -0.151. The van der Waals surface area contributed by atoms with Crippen molar-refractivity contribution in [2.24, 2.45) is 0 Å². The molecule has 0 aromatic heterocycles. The fourth-order valence-electron chi connectivity index (χ4n) is 3.03. The van der Waals surface area contributed by atoms with Gasteiger partial charge in [0.1, 0.15) is 0 Å². The van der Waals surface area contributed by atoms with Crippen LogP contribution in [0.4, 0.5) is 0 Å². The molecule has 126 valence electrons. The first kappa shape index (κ1) is 17.5. The van der Waals surface area contributed by atoms with Gasteiger partial charge < -0.3 is 14.5 Å². The Labute approximate surface area is 138 Å². The largest absolute Gasteiger partial charge is 0.469 e. The molecule has 0 atom stereocenters. The Morgan fingerprint density at radius 3 is 2.48 bits per heavy atom. The van der Waals surface area contributed by atoms with Gasteiger partial charge in [-0.2, -0.15) is 0 Å². The molecular formula is C18H26N2O3. The van der Waals surface area contributed by atoms with Crippen LogP contribution in [-0.2, 0) is 9.53 Å². The van der Waals surface area contributed by atoms with Crippen LogP contribution in [0.3, 0.4) is 0 Å². The third-order valence-corrected chi connectivity index (χ3v) is 4.52. The Morgan fingerprint density at radius 2 is 1.87 bits per heavy atom. The van der Waals surface area contributed by atoms with E-state index in [9.17, 15) is 9.59 Å². The molecule has 1 aliphatic heterocycles. The Kier molecular flexibility index (Phi) is 6.59. The lowest BCUT2D eigenvalue weighted by Gasteiger charge is -2.36. The maximum Gasteiger partial charge on any atom is 0.305 e. The van der Waals surface area contributed by atoms with Crippen molar-refractivity contribution in [2.45, 2.75) is 31.7 Å². The molecule has 1 aromatic carbocycles. The van der Waals surface area contributed by atoms with Crippen LogP contribution < -0.4 is 0 Å². The van der Waals surface area contributed by atoms with Gasteiger partial charge in [0.25, 0.3) is 5.91 Å². The molecule has 0 saturated carbocycles. The van der Waals surface area contributed by atoms with E-state index in [2.05, 4.69) is 16.7 Å². The SMILES string of the molecule is COC(=O)CCCN(C)C1CCN(C(=O)c2ccccc2)CC1. The van der Waals surface area contributed by atoms with Gasteiger partial charge in [0.05, 0.1) is 7.11 Å². The number of hydrogen-bond acceptors (Lipinski definition) is 4. The summed E-state index contributed by atoms with van der Waals surface area (Å²) in [6, 6.07) is 9.93. The first-order chi connectivity index (χ1) is 11.1. The molecule has 23 heavy (non-hydrogen) atoms. The molecule has 1 amide bonds. The number of carbonyl (C=O) groups excluding carboxylic acids is 2. The quantitative estimate of drug-likeness (QED) is 0.754. The average Bonchev–Trinajstić information content (AvgIpc) is 2.61. The highest BCUT2D eigenvalue weighted by atomic mass is 16.5. The van der Waals surface area contributed by atoms with Crippen molar-refractivity contribution in [1.82, 2.24) is 9.80 Å². The van der Waals surface area contributed by atoms with Gasteiger partial charge in [-0.3, -0.25) is 9.59 Å². The number of methoxy groups -OCH3 is 1. The van der Waals surface area contributed by atoms with Crippen LogP contribution in [0.15, 0.2) is 30.3 Å². The summed E-state index contributed by atoms with van der Waals surface area (Å²) in [6.45, 7) is 2.46. The Morgan fingerprint density at radius 1 is 1.22 bits per heavy atom. The molecule has 0 aliphatic carbocycles. The third kappa shape index (κ3) is 5.06. The van der Waals surface area contributed by atoms with E-state index in [1.165, 1.54) is 7.11 Å². The highest BCUT2D eigenvalue weighted by Gasteiger charge is 2.25. The normalized spacial score (nSPS) is 15.7. The zero-order valence-electron chi connectivity index (χ0n) is 14.0. The van der Waals surface area contributed by atoms with Crippen molar-refractivity contribution < 1.29 is 14.3 Å². The molecule has 1 heterocycles. The van der Waals surface area contributed by atoms with Crippen LogP contribution in [0.1, 0.15) is 36.0 Å². The Hall–Kier alpha value is -1.88. The fourth-order valence-corrected chi connectivity index (χ4v) is 3.03. The minimum Gasteiger partial charge on any atom is -0.469 e. The molecule has 0 bridgehead atoms. The van der Waals surface area contributed by atoms with E-state index in [1.54, 1.807) is 0 Å². The van der Waals surface area contributed by atoms with E-state index < -0.39 is 0 Å². The molecule has 1 fully saturated rings. The van der Waals surface area contributed by atoms with Gasteiger partial charge in [-0.1, -0.05) is 18.2 Å². The lowest BCUT2D eigenvalue weighted by atomic mass is 10.0. The molecule has 1 aromatic rings. The molecular weight excluding hydrogens is 292 g/mol. The maximum atomic E-state index is 12.4. The van der Waals surface area contributed by atoms with Crippen LogP contribution >= 0.6 is 0 Å². The molecule has 1 saturated heterocycles. The second-order valence-corrected chi connectivity index (χ2v) is 6.05. The molecule has 5 nitrogen and oxygen atoms in total. The van der Waals surface area contributed by atoms with Crippen LogP contribution in [0.25, 0.3) is 0 Å². The van der Waals surface area contributed by atoms with Gasteiger partial charge in [-0.15, -0.1) is 0 Å². The van der Waals surface area contributed by atoms with Gasteiger partial charge in [0.15, 0.2) is 0 Å². The molecule has 0 spiro atoms. The van der Waals surface area contributed by atoms with Gasteiger partial charge >= 0.3 is 5.97 Å². The lowest BCUT2D eigenvalue weighted by Crippen LogP contribution is -2.45. The number of amides is 1. The molecule has 2 rings (SSSR count). The van der Waals surface area contributed by atoms with E-state index >= 15 is 0 Å². The van der Waals surface area contributed by atoms with Crippen LogP contribution in [0.2, 0.25) is 0 Å². The van der Waals surface area contributed by atoms with Gasteiger partial charge in [-0.25, -0.2) is 0 Å². The van der Waals surface area contributed by atoms with Gasteiger partial charge in [0.2, 0.25) is 0 Å². The summed E-state index contributed by atoms with van der Waals surface area (Å²) in [5.41, 5.74) is 0.761. The number of esters is 1. The standard InChI is InChI=1S/C18H26N2O3/c1-19(12-6-9-17(21)23-2)16-10-13-20(14-11-16)18(22)15-7-4-3-5-8-15/h3-5,7-8,16H,6,9-14H2,1-2H3. The third-order valence-electron chi connectivity index (χ3n) is 4.52. The number of piperidine rings is 1. The summed E-state index contributed by atoms with van der Waals surface area (Å²) < 4.78 is 4.66. The summed E-state index contributed by atoms with van der Waals surface area (Å²) in [5, 5.41) is 0. The zero-order chi connectivity index (χ0) is 16.7. The Bertz CT molecular complexity index is 510. The van der Waals surface area contributed by atoms with E-state index in [-0.39, 0.29) is 11.9 Å². The summed E-state index contributed by atoms with van der Waals surface area (Å²) in [4.78, 5) is 27.8. The minimum absolute atomic E-state index is 0.123. The van der Waals surface area contributed by atoms with Crippen molar-refractivity contribution in [3.8, 4) is 0 Å². The zero-order valence-corrected chi connectivity index (χ0v) is 14.0. The van der Waals surface area contributed by atoms with E-state index in [4.69, 9.17) is 0 Å². The van der Waals surface area contributed by atoms with Crippen molar-refractivity contribution in [1.29, 1.82) is 0 Å². The van der Waals surface area contributed by atoms with E-state index in [0.29, 0.717) is 12.5 Å². The van der Waals surface area contributed by atoms with Crippen molar-refractivity contribution in [2.75, 3.05) is 33.8 Å². The van der Waals surface area contributed by atoms with Crippen LogP contribution in [-0.4, -0.2) is 61.5 Å². The highest BCUT2D eigenvalue weighted by Crippen LogP contribution is 2.18. The summed E-state index contributed by atoms with van der Waals surface area (Å²) >= 11 is 0. The lowest BCUT2D eigenvalue weighted by molar-refractivity contribution is -0.140. The summed E-state index contributed by atoms with van der Waals surface area (Å²) in [6.07, 6.45) is 3.24. The number of hydrogen-bond donors (Lipinski definition) is 0. The monoisotopic (exact) mass is 318 g/mol. The average molecular weight is 318 g/mol. The molecule has 5 heteroatoms. The predicted molar refractivity (Wildman–Crippen MR) is 89.2 cm³/mol. The number of ether oxygens (including phenoxy) is 1. The number of rotatable bonds is 6. The second-order valence-electron chi connectivity index (χ2n) is 6.05. The first-order valence-electron chi connectivity index (χ1n) is 8.23. The molecule has 1 aliphatic rings. The number of nitrogens with zero attached hydrogens (tertiary/aromatic N) is 2. The van der Waals surface area contributed by atoms with E-state index in [0.717, 1.165) is 44.5 Å². The topological polar surface area (TPSA) is 49.9 Å². The summed E-state index contributed by atoms with van der Waals surface area (Å²) in [5.74, 6) is -0.0286. The fraction of sp³-hybridized carbons (Fsp3) is 0.556. The van der Waals surface area contributed by atoms with E-state index in [1.807, 2.05) is 35.2 Å². The molecule has 0 N–H and O–H groups in total. The molecule has 0 unspecified atom stereocenters. The number of benzene rings is 1. The second kappa shape index (κ2) is 8.67. The highest BCUT2D eigenvalue weighted by molar-refractivity contribution is 5.94. The Balaban J connectivity index is 1.75. The van der Waals surface area contributed by atoms with Crippen molar-refractivity contribution >= 4 is 11.9 Å². The smallest absolute Gasteiger partial charge is 0.305 e. The predicted octanol–water partition coefficient (Wildman–Crippen LogP) is 2.18. The van der Waals surface area contributed by atoms with Crippen molar-refractivity contribution in [3.63, 3.8) is 0 Å². The number of likely N-dealkylation sites (tertiary alicyclic amines) is 1. The number of carbonyl (C=O) groups is 2. The molecule has 0 radical (unpaired) electrons.